The smallest absolute Gasteiger partial charge is 0.317 e. The third kappa shape index (κ3) is 2.25. The summed E-state index contributed by atoms with van der Waals surface area (Å²) in [5.41, 5.74) is 9.07. The number of primary amides is 2. The summed E-state index contributed by atoms with van der Waals surface area (Å²) in [6, 6.07) is -0.700. The summed E-state index contributed by atoms with van der Waals surface area (Å²) in [7, 11) is 1.51. The fraction of sp³-hybridized carbons (Fsp3) is 0.778. The molecule has 1 saturated heterocycles. The molecule has 0 spiro atoms. The Labute approximate surface area is 93.6 Å². The highest BCUT2D eigenvalue weighted by Crippen LogP contribution is 2.30. The number of hydrogen-bond acceptors (Lipinski definition) is 4. The van der Waals surface area contributed by atoms with Crippen LogP contribution in [0.25, 0.3) is 0 Å². The normalized spacial score (nSPS) is 24.7. The number of carbonyl (C=O) groups excluding carboxylic acids is 2. The molecule has 1 aliphatic heterocycles. The molecule has 7 nitrogen and oxygen atoms in total. The molecule has 92 valence electrons. The quantitative estimate of drug-likeness (QED) is 0.592. The molecule has 1 heterocycles. The number of urea groups is 1. The van der Waals surface area contributed by atoms with Crippen molar-refractivity contribution in [2.75, 3.05) is 26.9 Å². The van der Waals surface area contributed by atoms with Crippen molar-refractivity contribution in [3.63, 3.8) is 0 Å². The standard InChI is InChI=1S/C9H17N3O4/c1-15-5-6-16-9(7(10)13)3-2-4-12(9)8(11)14/h2-6H2,1H3,(H2,10,13)(H2,11,14). The maximum atomic E-state index is 11.4. The topological polar surface area (TPSA) is 108 Å². The number of likely N-dealkylation sites (tertiary alicyclic amines) is 1. The molecule has 0 radical (unpaired) electrons. The van der Waals surface area contributed by atoms with Crippen LogP contribution in [0.15, 0.2) is 0 Å². The molecule has 16 heavy (non-hydrogen) atoms. The summed E-state index contributed by atoms with van der Waals surface area (Å²) in [6.07, 6.45) is 1.01. The highest BCUT2D eigenvalue weighted by molar-refractivity contribution is 5.88. The average Bonchev–Trinajstić information content (AvgIpc) is 2.63. The van der Waals surface area contributed by atoms with E-state index in [-0.39, 0.29) is 6.61 Å². The lowest BCUT2D eigenvalue weighted by atomic mass is 10.1. The first-order valence-corrected chi connectivity index (χ1v) is 5.04. The van der Waals surface area contributed by atoms with E-state index >= 15 is 0 Å². The van der Waals surface area contributed by atoms with E-state index < -0.39 is 17.7 Å². The van der Waals surface area contributed by atoms with Gasteiger partial charge in [-0.2, -0.15) is 0 Å². The SMILES string of the molecule is COCCOC1(C(N)=O)CCCN1C(N)=O. The fourth-order valence-electron chi connectivity index (χ4n) is 1.85. The molecule has 0 saturated carbocycles. The highest BCUT2D eigenvalue weighted by atomic mass is 16.5. The van der Waals surface area contributed by atoms with E-state index in [0.717, 1.165) is 0 Å². The minimum Gasteiger partial charge on any atom is -0.382 e. The van der Waals surface area contributed by atoms with Gasteiger partial charge in [0.2, 0.25) is 5.72 Å². The van der Waals surface area contributed by atoms with Gasteiger partial charge in [0.1, 0.15) is 0 Å². The number of ether oxygens (including phenoxy) is 2. The third-order valence-electron chi connectivity index (χ3n) is 2.61. The molecule has 3 amide bonds. The van der Waals surface area contributed by atoms with Crippen LogP contribution >= 0.6 is 0 Å². The summed E-state index contributed by atoms with van der Waals surface area (Å²) in [6.45, 7) is 0.885. The van der Waals surface area contributed by atoms with E-state index in [1.54, 1.807) is 0 Å². The first-order chi connectivity index (χ1) is 7.54. The van der Waals surface area contributed by atoms with Crippen molar-refractivity contribution in [2.45, 2.75) is 18.6 Å². The van der Waals surface area contributed by atoms with Crippen molar-refractivity contribution >= 4 is 11.9 Å². The lowest BCUT2D eigenvalue weighted by Gasteiger charge is -2.34. The van der Waals surface area contributed by atoms with Crippen LogP contribution in [0.3, 0.4) is 0 Å². The van der Waals surface area contributed by atoms with Gasteiger partial charge in [-0.05, 0) is 6.42 Å². The van der Waals surface area contributed by atoms with E-state index in [1.165, 1.54) is 12.0 Å². The van der Waals surface area contributed by atoms with Gasteiger partial charge in [-0.3, -0.25) is 9.69 Å². The molecule has 1 rings (SSSR count). The van der Waals surface area contributed by atoms with E-state index in [2.05, 4.69) is 0 Å². The van der Waals surface area contributed by atoms with Crippen LogP contribution in [-0.4, -0.2) is 49.4 Å². The number of carbonyl (C=O) groups is 2. The maximum absolute atomic E-state index is 11.4. The Hall–Kier alpha value is -1.34. The zero-order valence-electron chi connectivity index (χ0n) is 9.27. The van der Waals surface area contributed by atoms with Crippen molar-refractivity contribution in [2.24, 2.45) is 11.5 Å². The van der Waals surface area contributed by atoms with E-state index in [0.29, 0.717) is 26.0 Å². The second kappa shape index (κ2) is 5.13. The molecule has 0 aromatic carbocycles. The Balaban J connectivity index is 2.78. The molecule has 1 aliphatic rings. The maximum Gasteiger partial charge on any atom is 0.317 e. The van der Waals surface area contributed by atoms with E-state index in [9.17, 15) is 9.59 Å². The molecule has 4 N–H and O–H groups in total. The number of rotatable bonds is 5. The molecule has 1 atom stereocenters. The monoisotopic (exact) mass is 231 g/mol. The van der Waals surface area contributed by atoms with Gasteiger partial charge >= 0.3 is 6.03 Å². The van der Waals surface area contributed by atoms with Gasteiger partial charge in [0.05, 0.1) is 13.2 Å². The molecular weight excluding hydrogens is 214 g/mol. The van der Waals surface area contributed by atoms with Crippen molar-refractivity contribution in [3.05, 3.63) is 0 Å². The number of amides is 3. The molecule has 0 aromatic rings. The van der Waals surface area contributed by atoms with Gasteiger partial charge in [-0.15, -0.1) is 0 Å². The predicted molar refractivity (Wildman–Crippen MR) is 55.3 cm³/mol. The lowest BCUT2D eigenvalue weighted by Crippen LogP contribution is -2.59. The van der Waals surface area contributed by atoms with Gasteiger partial charge in [0.15, 0.2) is 0 Å². The first kappa shape index (κ1) is 12.7. The van der Waals surface area contributed by atoms with E-state index in [4.69, 9.17) is 20.9 Å². The van der Waals surface area contributed by atoms with Crippen LogP contribution < -0.4 is 11.5 Å². The molecule has 1 unspecified atom stereocenters. The lowest BCUT2D eigenvalue weighted by molar-refractivity contribution is -0.164. The van der Waals surface area contributed by atoms with Gasteiger partial charge in [-0.1, -0.05) is 0 Å². The van der Waals surface area contributed by atoms with Crippen LogP contribution in [0, 0.1) is 0 Å². The summed E-state index contributed by atoms with van der Waals surface area (Å²) in [4.78, 5) is 23.8. The van der Waals surface area contributed by atoms with Gasteiger partial charge in [0.25, 0.3) is 5.91 Å². The number of nitrogens with zero attached hydrogens (tertiary/aromatic N) is 1. The molecule has 0 bridgehead atoms. The molecule has 0 aromatic heterocycles. The van der Waals surface area contributed by atoms with Crippen molar-refractivity contribution in [1.82, 2.24) is 4.90 Å². The zero-order valence-corrected chi connectivity index (χ0v) is 9.27. The van der Waals surface area contributed by atoms with Crippen LogP contribution in [-0.2, 0) is 14.3 Å². The Morgan fingerprint density at radius 3 is 2.56 bits per heavy atom. The average molecular weight is 231 g/mol. The number of methoxy groups -OCH3 is 1. The number of hydrogen-bond donors (Lipinski definition) is 2. The van der Waals surface area contributed by atoms with Gasteiger partial charge < -0.3 is 20.9 Å². The summed E-state index contributed by atoms with van der Waals surface area (Å²) >= 11 is 0. The second-order valence-corrected chi connectivity index (χ2v) is 3.58. The fourth-order valence-corrected chi connectivity index (χ4v) is 1.85. The predicted octanol–water partition coefficient (Wildman–Crippen LogP) is -0.994. The van der Waals surface area contributed by atoms with Crippen molar-refractivity contribution < 1.29 is 19.1 Å². The van der Waals surface area contributed by atoms with Crippen LogP contribution in [0.5, 0.6) is 0 Å². The summed E-state index contributed by atoms with van der Waals surface area (Å²) < 4.78 is 10.2. The largest absolute Gasteiger partial charge is 0.382 e. The van der Waals surface area contributed by atoms with E-state index in [1.807, 2.05) is 0 Å². The van der Waals surface area contributed by atoms with Gasteiger partial charge in [0, 0.05) is 20.1 Å². The Bertz CT molecular complexity index is 284. The third-order valence-corrected chi connectivity index (χ3v) is 2.61. The molecule has 0 aliphatic carbocycles. The van der Waals surface area contributed by atoms with Crippen molar-refractivity contribution in [1.29, 1.82) is 0 Å². The molecule has 7 heteroatoms. The highest BCUT2D eigenvalue weighted by Gasteiger charge is 2.49. The number of nitrogens with two attached hydrogens (primary N) is 2. The second-order valence-electron chi connectivity index (χ2n) is 3.58. The minimum atomic E-state index is -1.40. The molecule has 1 fully saturated rings. The summed E-state index contributed by atoms with van der Waals surface area (Å²) in [5, 5.41) is 0. The minimum absolute atomic E-state index is 0.184. The Morgan fingerprint density at radius 1 is 1.38 bits per heavy atom. The van der Waals surface area contributed by atoms with Crippen LogP contribution in [0.1, 0.15) is 12.8 Å². The molecular formula is C9H17N3O4. The van der Waals surface area contributed by atoms with Gasteiger partial charge in [-0.25, -0.2) is 4.79 Å². The first-order valence-electron chi connectivity index (χ1n) is 5.04. The summed E-state index contributed by atoms with van der Waals surface area (Å²) in [5.74, 6) is -0.695. The van der Waals surface area contributed by atoms with Crippen LogP contribution in [0.4, 0.5) is 4.79 Å². The Morgan fingerprint density at radius 2 is 2.06 bits per heavy atom. The zero-order chi connectivity index (χ0) is 12.2. The van der Waals surface area contributed by atoms with Crippen molar-refractivity contribution in [3.8, 4) is 0 Å². The van der Waals surface area contributed by atoms with Crippen LogP contribution in [0.2, 0.25) is 0 Å². The Kier molecular flexibility index (Phi) is 4.08.